The highest BCUT2D eigenvalue weighted by molar-refractivity contribution is 7.74. The van der Waals surface area contributed by atoms with E-state index >= 15 is 0 Å². The highest BCUT2D eigenvalue weighted by Crippen LogP contribution is 2.45. The van der Waals surface area contributed by atoms with E-state index in [2.05, 4.69) is 0 Å². The van der Waals surface area contributed by atoms with Crippen molar-refractivity contribution in [3.05, 3.63) is 56.5 Å². The molecule has 0 saturated heterocycles. The average Bonchev–Trinajstić information content (AvgIpc) is 2.35. The van der Waals surface area contributed by atoms with Gasteiger partial charge >= 0.3 is 0 Å². The van der Waals surface area contributed by atoms with Crippen molar-refractivity contribution in [2.75, 3.05) is 0 Å². The SMILES string of the molecule is O=P(O)(c1cccc(Cl)c1Cl)c1cccc(Cl)c1Cl. The molecule has 0 aliphatic rings. The molecule has 0 atom stereocenters. The minimum atomic E-state index is -3.96. The Kier molecular flexibility index (Phi) is 4.52. The fourth-order valence-corrected chi connectivity index (χ4v) is 4.61. The summed E-state index contributed by atoms with van der Waals surface area (Å²) in [7, 11) is -3.96. The maximum Gasteiger partial charge on any atom is 0.261 e. The van der Waals surface area contributed by atoms with E-state index in [1.165, 1.54) is 24.3 Å². The van der Waals surface area contributed by atoms with E-state index in [0.29, 0.717) is 0 Å². The van der Waals surface area contributed by atoms with Gasteiger partial charge in [-0.2, -0.15) is 0 Å². The summed E-state index contributed by atoms with van der Waals surface area (Å²) in [6.45, 7) is 0. The molecular formula is C12H7Cl4O2P. The topological polar surface area (TPSA) is 37.3 Å². The van der Waals surface area contributed by atoms with E-state index in [4.69, 9.17) is 46.4 Å². The molecule has 1 N–H and O–H groups in total. The lowest BCUT2D eigenvalue weighted by Crippen LogP contribution is -2.17. The molecule has 2 aromatic rings. The van der Waals surface area contributed by atoms with Crippen LogP contribution in [0.4, 0.5) is 0 Å². The highest BCUT2D eigenvalue weighted by atomic mass is 35.5. The van der Waals surface area contributed by atoms with E-state index < -0.39 is 7.37 Å². The molecule has 0 radical (unpaired) electrons. The first-order chi connectivity index (χ1) is 8.85. The fourth-order valence-electron chi connectivity index (χ4n) is 1.58. The molecule has 2 rings (SSSR count). The van der Waals surface area contributed by atoms with Gasteiger partial charge in [-0.15, -0.1) is 0 Å². The standard InChI is InChI=1S/C12H7Cl4O2P/c13-7-3-1-5-9(11(7)15)19(17,18)10-6-2-4-8(14)12(10)16/h1-6H,(H,17,18). The van der Waals surface area contributed by atoms with E-state index in [0.717, 1.165) is 0 Å². The van der Waals surface area contributed by atoms with Crippen LogP contribution in [0.5, 0.6) is 0 Å². The third-order valence-electron chi connectivity index (χ3n) is 2.52. The monoisotopic (exact) mass is 354 g/mol. The first kappa shape index (κ1) is 15.2. The molecule has 0 spiro atoms. The van der Waals surface area contributed by atoms with Crippen molar-refractivity contribution in [3.8, 4) is 0 Å². The first-order valence-electron chi connectivity index (χ1n) is 5.07. The smallest absolute Gasteiger partial charge is 0.261 e. The molecule has 0 saturated carbocycles. The Morgan fingerprint density at radius 1 is 0.789 bits per heavy atom. The number of hydrogen-bond donors (Lipinski definition) is 1. The summed E-state index contributed by atoms with van der Waals surface area (Å²) < 4.78 is 12.6. The van der Waals surface area contributed by atoms with Crippen LogP contribution in [0, 0.1) is 0 Å². The van der Waals surface area contributed by atoms with Gasteiger partial charge in [0.15, 0.2) is 0 Å². The predicted molar refractivity (Wildman–Crippen MR) is 82.0 cm³/mol. The Labute approximate surface area is 130 Å². The summed E-state index contributed by atoms with van der Waals surface area (Å²) in [5, 5.41) is 0.534. The minimum Gasteiger partial charge on any atom is -0.338 e. The van der Waals surface area contributed by atoms with Gasteiger partial charge in [0, 0.05) is 0 Å². The molecule has 0 aliphatic heterocycles. The van der Waals surface area contributed by atoms with Crippen LogP contribution in [-0.4, -0.2) is 4.89 Å². The van der Waals surface area contributed by atoms with Crippen LogP contribution in [0.15, 0.2) is 36.4 Å². The Morgan fingerprint density at radius 3 is 1.53 bits per heavy atom. The molecular weight excluding hydrogens is 349 g/mol. The largest absolute Gasteiger partial charge is 0.338 e. The van der Waals surface area contributed by atoms with Gasteiger partial charge in [-0.05, 0) is 24.3 Å². The van der Waals surface area contributed by atoms with Gasteiger partial charge in [-0.1, -0.05) is 58.5 Å². The first-order valence-corrected chi connectivity index (χ1v) is 8.25. The van der Waals surface area contributed by atoms with Crippen LogP contribution in [0.1, 0.15) is 0 Å². The van der Waals surface area contributed by atoms with Crippen LogP contribution in [0.2, 0.25) is 20.1 Å². The summed E-state index contributed by atoms with van der Waals surface area (Å²) in [6.07, 6.45) is 0. The fraction of sp³-hybridized carbons (Fsp3) is 0. The average molecular weight is 356 g/mol. The van der Waals surface area contributed by atoms with Crippen molar-refractivity contribution >= 4 is 64.4 Å². The summed E-state index contributed by atoms with van der Waals surface area (Å²) >= 11 is 23.7. The van der Waals surface area contributed by atoms with Crippen LogP contribution in [-0.2, 0) is 4.57 Å². The summed E-state index contributed by atoms with van der Waals surface area (Å²) in [6, 6.07) is 9.04. The summed E-state index contributed by atoms with van der Waals surface area (Å²) in [5.41, 5.74) is 0. The van der Waals surface area contributed by atoms with Crippen molar-refractivity contribution in [1.29, 1.82) is 0 Å². The Hall–Kier alpha value is -0.210. The molecule has 7 heteroatoms. The second-order valence-electron chi connectivity index (χ2n) is 3.72. The van der Waals surface area contributed by atoms with Gasteiger partial charge in [0.1, 0.15) is 0 Å². The number of halogens is 4. The van der Waals surface area contributed by atoms with Crippen molar-refractivity contribution in [2.24, 2.45) is 0 Å². The number of hydrogen-bond acceptors (Lipinski definition) is 1. The van der Waals surface area contributed by atoms with Gasteiger partial charge in [-0.25, -0.2) is 0 Å². The molecule has 100 valence electrons. The van der Waals surface area contributed by atoms with Gasteiger partial charge in [-0.3, -0.25) is 4.57 Å². The van der Waals surface area contributed by atoms with Gasteiger partial charge in [0.25, 0.3) is 7.37 Å². The molecule has 0 amide bonds. The molecule has 0 bridgehead atoms. The van der Waals surface area contributed by atoms with Crippen molar-refractivity contribution in [2.45, 2.75) is 0 Å². The van der Waals surface area contributed by atoms with E-state index in [-0.39, 0.29) is 30.7 Å². The van der Waals surface area contributed by atoms with Crippen LogP contribution < -0.4 is 10.6 Å². The van der Waals surface area contributed by atoms with Gasteiger partial charge in [0.05, 0.1) is 30.7 Å². The Bertz CT molecular complexity index is 632. The van der Waals surface area contributed by atoms with E-state index in [9.17, 15) is 9.46 Å². The zero-order valence-corrected chi connectivity index (χ0v) is 13.2. The maximum atomic E-state index is 12.6. The van der Waals surface area contributed by atoms with E-state index in [1.54, 1.807) is 12.1 Å². The lowest BCUT2D eigenvalue weighted by atomic mass is 10.3. The third kappa shape index (κ3) is 2.80. The van der Waals surface area contributed by atoms with Crippen molar-refractivity contribution in [3.63, 3.8) is 0 Å². The second kappa shape index (κ2) is 5.65. The molecule has 0 heterocycles. The molecule has 2 nitrogen and oxygen atoms in total. The Balaban J connectivity index is 2.69. The molecule has 2 aromatic carbocycles. The number of benzene rings is 2. The highest BCUT2D eigenvalue weighted by Gasteiger charge is 2.30. The zero-order valence-electron chi connectivity index (χ0n) is 9.28. The molecule has 19 heavy (non-hydrogen) atoms. The van der Waals surface area contributed by atoms with Gasteiger partial charge in [0.2, 0.25) is 0 Å². The predicted octanol–water partition coefficient (Wildman–Crippen LogP) is 4.52. The van der Waals surface area contributed by atoms with Crippen LogP contribution in [0.3, 0.4) is 0 Å². The third-order valence-corrected chi connectivity index (χ3v) is 6.47. The zero-order chi connectivity index (χ0) is 14.2. The maximum absolute atomic E-state index is 12.6. The van der Waals surface area contributed by atoms with Crippen molar-refractivity contribution < 1.29 is 9.46 Å². The van der Waals surface area contributed by atoms with Crippen molar-refractivity contribution in [1.82, 2.24) is 0 Å². The lowest BCUT2D eigenvalue weighted by Gasteiger charge is -2.16. The quantitative estimate of drug-likeness (QED) is 0.804. The van der Waals surface area contributed by atoms with Crippen LogP contribution in [0.25, 0.3) is 0 Å². The second-order valence-corrected chi connectivity index (χ2v) is 7.41. The molecule has 0 aliphatic carbocycles. The van der Waals surface area contributed by atoms with Crippen LogP contribution >= 0.6 is 53.8 Å². The van der Waals surface area contributed by atoms with Gasteiger partial charge < -0.3 is 4.89 Å². The molecule has 0 fully saturated rings. The minimum absolute atomic E-state index is 0.0332. The summed E-state index contributed by atoms with van der Waals surface area (Å²) in [4.78, 5) is 10.3. The lowest BCUT2D eigenvalue weighted by molar-refractivity contribution is 0.501. The summed E-state index contributed by atoms with van der Waals surface area (Å²) in [5.74, 6) is 0. The normalized spacial score (nSPS) is 11.6. The molecule has 0 aromatic heterocycles. The number of rotatable bonds is 2. The van der Waals surface area contributed by atoms with E-state index in [1.807, 2.05) is 0 Å². The Morgan fingerprint density at radius 2 is 1.16 bits per heavy atom. The molecule has 0 unspecified atom stereocenters.